The lowest BCUT2D eigenvalue weighted by Crippen LogP contribution is -2.32. The molecule has 0 fully saturated rings. The van der Waals surface area contributed by atoms with Gasteiger partial charge < -0.3 is 15.2 Å². The molecule has 3 N–H and O–H groups in total. The highest BCUT2D eigenvalue weighted by Crippen LogP contribution is 2.19. The van der Waals surface area contributed by atoms with E-state index >= 15 is 0 Å². The summed E-state index contributed by atoms with van der Waals surface area (Å²) >= 11 is 0. The van der Waals surface area contributed by atoms with Gasteiger partial charge in [-0.05, 0) is 44.5 Å². The van der Waals surface area contributed by atoms with Crippen LogP contribution >= 0.6 is 0 Å². The van der Waals surface area contributed by atoms with Crippen LogP contribution in [0.3, 0.4) is 0 Å². The van der Waals surface area contributed by atoms with Gasteiger partial charge >= 0.3 is 5.97 Å². The zero-order valence-corrected chi connectivity index (χ0v) is 15.4. The SMILES string of the molecule is COCCNS(=O)(=O)c1ccc(C(=O)NCCC(C)(C)C(=O)O)cc1. The number of carbonyl (C=O) groups is 2. The smallest absolute Gasteiger partial charge is 0.309 e. The molecule has 0 spiro atoms. The highest BCUT2D eigenvalue weighted by Gasteiger charge is 2.26. The first-order valence-corrected chi connectivity index (χ1v) is 9.19. The lowest BCUT2D eigenvalue weighted by Gasteiger charge is -2.18. The van der Waals surface area contributed by atoms with Crippen LogP contribution in [0.15, 0.2) is 29.2 Å². The average molecular weight is 372 g/mol. The number of carboxylic acids is 1. The Morgan fingerprint density at radius 3 is 2.28 bits per heavy atom. The van der Waals surface area contributed by atoms with Gasteiger partial charge in [0.1, 0.15) is 0 Å². The van der Waals surface area contributed by atoms with E-state index in [1.165, 1.54) is 31.4 Å². The standard InChI is InChI=1S/C16H24N2O6S/c1-16(2,15(20)21)8-9-17-14(19)12-4-6-13(7-5-12)25(22,23)18-10-11-24-3/h4-7,18H,8-11H2,1-3H3,(H,17,19)(H,20,21). The largest absolute Gasteiger partial charge is 0.481 e. The average Bonchev–Trinajstić information content (AvgIpc) is 2.54. The maximum absolute atomic E-state index is 12.0. The Morgan fingerprint density at radius 2 is 1.76 bits per heavy atom. The monoisotopic (exact) mass is 372 g/mol. The minimum absolute atomic E-state index is 0.0483. The number of methoxy groups -OCH3 is 1. The number of amides is 1. The van der Waals surface area contributed by atoms with Crippen LogP contribution in [0.5, 0.6) is 0 Å². The second-order valence-corrected chi connectivity index (χ2v) is 7.88. The summed E-state index contributed by atoms with van der Waals surface area (Å²) in [5, 5.41) is 11.7. The number of nitrogens with one attached hydrogen (secondary N) is 2. The topological polar surface area (TPSA) is 122 Å². The Kier molecular flexibility index (Phi) is 7.53. The third kappa shape index (κ3) is 6.45. The highest BCUT2D eigenvalue weighted by molar-refractivity contribution is 7.89. The molecular weight excluding hydrogens is 348 g/mol. The quantitative estimate of drug-likeness (QED) is 0.523. The number of carbonyl (C=O) groups excluding carboxylic acids is 1. The molecule has 1 amide bonds. The van der Waals surface area contributed by atoms with Crippen molar-refractivity contribution < 1.29 is 27.9 Å². The third-order valence-electron chi connectivity index (χ3n) is 3.64. The fraction of sp³-hybridized carbons (Fsp3) is 0.500. The fourth-order valence-electron chi connectivity index (χ4n) is 1.84. The number of hydrogen-bond donors (Lipinski definition) is 3. The van der Waals surface area contributed by atoms with Crippen molar-refractivity contribution in [3.63, 3.8) is 0 Å². The van der Waals surface area contributed by atoms with Gasteiger partial charge in [0.2, 0.25) is 10.0 Å². The van der Waals surface area contributed by atoms with E-state index in [-0.39, 0.29) is 31.0 Å². The first kappa shape index (κ1) is 21.1. The first-order valence-electron chi connectivity index (χ1n) is 7.70. The Morgan fingerprint density at radius 1 is 1.16 bits per heavy atom. The second-order valence-electron chi connectivity index (χ2n) is 6.11. The van der Waals surface area contributed by atoms with Crippen LogP contribution in [0.2, 0.25) is 0 Å². The predicted octanol–water partition coefficient (Wildman–Crippen LogP) is 0.842. The molecular formula is C16H24N2O6S. The maximum atomic E-state index is 12.0. The molecule has 0 aliphatic heterocycles. The number of sulfonamides is 1. The molecule has 25 heavy (non-hydrogen) atoms. The minimum Gasteiger partial charge on any atom is -0.481 e. The number of carboxylic acid groups (broad SMARTS) is 1. The van der Waals surface area contributed by atoms with E-state index in [2.05, 4.69) is 10.0 Å². The van der Waals surface area contributed by atoms with Crippen molar-refractivity contribution in [1.82, 2.24) is 10.0 Å². The van der Waals surface area contributed by atoms with E-state index in [1.54, 1.807) is 13.8 Å². The Balaban J connectivity index is 2.64. The number of aliphatic carboxylic acids is 1. The van der Waals surface area contributed by atoms with Crippen LogP contribution in [0, 0.1) is 5.41 Å². The number of benzene rings is 1. The van der Waals surface area contributed by atoms with Crippen molar-refractivity contribution in [2.75, 3.05) is 26.8 Å². The molecule has 0 saturated carbocycles. The van der Waals surface area contributed by atoms with Gasteiger partial charge in [0, 0.05) is 25.8 Å². The summed E-state index contributed by atoms with van der Waals surface area (Å²) in [5.74, 6) is -1.32. The van der Waals surface area contributed by atoms with E-state index in [0.717, 1.165) is 0 Å². The lowest BCUT2D eigenvalue weighted by molar-refractivity contribution is -0.147. The molecule has 0 bridgehead atoms. The predicted molar refractivity (Wildman–Crippen MR) is 91.9 cm³/mol. The minimum atomic E-state index is -3.65. The van der Waals surface area contributed by atoms with E-state index < -0.39 is 27.3 Å². The van der Waals surface area contributed by atoms with Crippen molar-refractivity contribution >= 4 is 21.9 Å². The highest BCUT2D eigenvalue weighted by atomic mass is 32.2. The summed E-state index contributed by atoms with van der Waals surface area (Å²) < 4.78 is 31.2. The van der Waals surface area contributed by atoms with Gasteiger partial charge in [0.15, 0.2) is 0 Å². The molecule has 140 valence electrons. The van der Waals surface area contributed by atoms with Crippen molar-refractivity contribution in [3.8, 4) is 0 Å². The van der Waals surface area contributed by atoms with Gasteiger partial charge in [0.25, 0.3) is 5.91 Å². The molecule has 0 radical (unpaired) electrons. The van der Waals surface area contributed by atoms with Crippen LogP contribution in [-0.4, -0.2) is 52.2 Å². The van der Waals surface area contributed by atoms with Crippen LogP contribution in [0.1, 0.15) is 30.6 Å². The number of rotatable bonds is 10. The molecule has 1 rings (SSSR count). The van der Waals surface area contributed by atoms with E-state index in [9.17, 15) is 18.0 Å². The molecule has 0 aromatic heterocycles. The molecule has 1 aromatic carbocycles. The maximum Gasteiger partial charge on any atom is 0.309 e. The van der Waals surface area contributed by atoms with E-state index in [1.807, 2.05) is 0 Å². The number of ether oxygens (including phenoxy) is 1. The molecule has 0 heterocycles. The fourth-order valence-corrected chi connectivity index (χ4v) is 2.86. The number of hydrogen-bond acceptors (Lipinski definition) is 5. The van der Waals surface area contributed by atoms with E-state index in [0.29, 0.717) is 5.56 Å². The van der Waals surface area contributed by atoms with Crippen LogP contribution in [0.25, 0.3) is 0 Å². The molecule has 0 aliphatic carbocycles. The Bertz CT molecular complexity index is 698. The summed E-state index contributed by atoms with van der Waals surface area (Å²) in [6, 6.07) is 5.49. The third-order valence-corrected chi connectivity index (χ3v) is 5.12. The van der Waals surface area contributed by atoms with Crippen LogP contribution in [-0.2, 0) is 19.6 Å². The van der Waals surface area contributed by atoms with Gasteiger partial charge in [-0.3, -0.25) is 9.59 Å². The van der Waals surface area contributed by atoms with Gasteiger partial charge in [-0.2, -0.15) is 0 Å². The molecule has 1 aromatic rings. The lowest BCUT2D eigenvalue weighted by atomic mass is 9.90. The second kappa shape index (κ2) is 8.93. The molecule has 9 heteroatoms. The summed E-state index contributed by atoms with van der Waals surface area (Å²) in [6.45, 7) is 3.78. The zero-order valence-electron chi connectivity index (χ0n) is 14.5. The summed E-state index contributed by atoms with van der Waals surface area (Å²) in [5.41, 5.74) is -0.636. The summed E-state index contributed by atoms with van der Waals surface area (Å²) in [4.78, 5) is 23.1. The van der Waals surface area contributed by atoms with Gasteiger partial charge in [0.05, 0.1) is 16.9 Å². The molecule has 0 unspecified atom stereocenters. The van der Waals surface area contributed by atoms with Crippen molar-refractivity contribution in [2.45, 2.75) is 25.2 Å². The van der Waals surface area contributed by atoms with Crippen LogP contribution < -0.4 is 10.0 Å². The Labute approximate surface area is 147 Å². The van der Waals surface area contributed by atoms with Crippen molar-refractivity contribution in [3.05, 3.63) is 29.8 Å². The van der Waals surface area contributed by atoms with Gasteiger partial charge in [-0.1, -0.05) is 0 Å². The van der Waals surface area contributed by atoms with Gasteiger partial charge in [-0.25, -0.2) is 13.1 Å². The normalized spacial score (nSPS) is 12.0. The molecule has 0 saturated heterocycles. The van der Waals surface area contributed by atoms with Crippen LogP contribution in [0.4, 0.5) is 0 Å². The Hall–Kier alpha value is -1.97. The van der Waals surface area contributed by atoms with Crippen molar-refractivity contribution in [2.24, 2.45) is 5.41 Å². The zero-order chi connectivity index (χ0) is 19.1. The molecule has 0 atom stereocenters. The van der Waals surface area contributed by atoms with Crippen molar-refractivity contribution in [1.29, 1.82) is 0 Å². The molecule has 0 aliphatic rings. The molecule has 8 nitrogen and oxygen atoms in total. The van der Waals surface area contributed by atoms with E-state index in [4.69, 9.17) is 9.84 Å². The van der Waals surface area contributed by atoms with Gasteiger partial charge in [-0.15, -0.1) is 0 Å². The first-order chi connectivity index (χ1) is 11.6. The summed E-state index contributed by atoms with van der Waals surface area (Å²) in [7, 11) is -2.18. The summed E-state index contributed by atoms with van der Waals surface area (Å²) in [6.07, 6.45) is 0.282.